The maximum atomic E-state index is 3.99. The zero-order chi connectivity index (χ0) is 11.4. The van der Waals surface area contributed by atoms with Crippen LogP contribution in [0.1, 0.15) is 24.2 Å². The van der Waals surface area contributed by atoms with E-state index in [4.69, 9.17) is 0 Å². The monoisotopic (exact) mass is 279 g/mol. The van der Waals surface area contributed by atoms with Gasteiger partial charge in [-0.25, -0.2) is 4.98 Å². The lowest BCUT2D eigenvalue weighted by molar-refractivity contribution is 0.567. The van der Waals surface area contributed by atoms with Crippen molar-refractivity contribution in [3.63, 3.8) is 0 Å². The predicted molar refractivity (Wildman–Crippen MR) is 68.0 cm³/mol. The first-order chi connectivity index (χ1) is 7.77. The van der Waals surface area contributed by atoms with Gasteiger partial charge >= 0.3 is 0 Å². The molecule has 3 nitrogen and oxygen atoms in total. The van der Waals surface area contributed by atoms with Crippen molar-refractivity contribution in [2.24, 2.45) is 0 Å². The fourth-order valence-corrected chi connectivity index (χ4v) is 2.21. The van der Waals surface area contributed by atoms with Gasteiger partial charge in [-0.05, 0) is 18.6 Å². The molecule has 0 fully saturated rings. The highest BCUT2D eigenvalue weighted by Gasteiger charge is 2.07. The number of H-pyrrole nitrogens is 1. The second-order valence-electron chi connectivity index (χ2n) is 3.70. The molecule has 0 bridgehead atoms. The predicted octanol–water partition coefficient (Wildman–Crippen LogP) is 3.02. The molecule has 1 atom stereocenters. The van der Waals surface area contributed by atoms with Crippen LogP contribution in [0.2, 0.25) is 0 Å². The van der Waals surface area contributed by atoms with E-state index in [1.165, 1.54) is 5.56 Å². The molecular weight excluding hydrogens is 266 g/mol. The molecule has 2 N–H and O–H groups in total. The summed E-state index contributed by atoms with van der Waals surface area (Å²) in [6, 6.07) is 8.56. The minimum absolute atomic E-state index is 0.305. The summed E-state index contributed by atoms with van der Waals surface area (Å²) < 4.78 is 1.14. The molecule has 1 heterocycles. The first kappa shape index (κ1) is 11.4. The highest BCUT2D eigenvalue weighted by atomic mass is 79.9. The summed E-state index contributed by atoms with van der Waals surface area (Å²) in [6.07, 6.45) is 3.53. The quantitative estimate of drug-likeness (QED) is 0.903. The van der Waals surface area contributed by atoms with Crippen LogP contribution in [-0.4, -0.2) is 9.97 Å². The van der Waals surface area contributed by atoms with Crippen molar-refractivity contribution < 1.29 is 0 Å². The Hall–Kier alpha value is -1.13. The van der Waals surface area contributed by atoms with Crippen LogP contribution in [0, 0.1) is 0 Å². The molecule has 0 amide bonds. The Morgan fingerprint density at radius 2 is 2.25 bits per heavy atom. The van der Waals surface area contributed by atoms with Crippen LogP contribution in [0.15, 0.2) is 41.3 Å². The van der Waals surface area contributed by atoms with Crippen molar-refractivity contribution in [3.8, 4) is 0 Å². The summed E-state index contributed by atoms with van der Waals surface area (Å²) in [5.74, 6) is 0. The van der Waals surface area contributed by atoms with E-state index < -0.39 is 0 Å². The zero-order valence-corrected chi connectivity index (χ0v) is 10.7. The Kier molecular flexibility index (Phi) is 3.74. The number of rotatable bonds is 4. The summed E-state index contributed by atoms with van der Waals surface area (Å²) in [5.41, 5.74) is 2.36. The topological polar surface area (TPSA) is 40.7 Å². The molecule has 84 valence electrons. The molecule has 0 unspecified atom stereocenters. The van der Waals surface area contributed by atoms with E-state index in [-0.39, 0.29) is 0 Å². The summed E-state index contributed by atoms with van der Waals surface area (Å²) in [6.45, 7) is 2.94. The molecule has 0 spiro atoms. The number of halogens is 1. The third-order valence-electron chi connectivity index (χ3n) is 2.53. The van der Waals surface area contributed by atoms with Crippen LogP contribution in [0.3, 0.4) is 0 Å². The van der Waals surface area contributed by atoms with Gasteiger partial charge in [0, 0.05) is 29.0 Å². The molecule has 0 saturated heterocycles. The van der Waals surface area contributed by atoms with Crippen molar-refractivity contribution in [1.29, 1.82) is 0 Å². The van der Waals surface area contributed by atoms with Crippen LogP contribution >= 0.6 is 15.9 Å². The molecular formula is C12H14BrN3. The smallest absolute Gasteiger partial charge is 0.0922 e. The van der Waals surface area contributed by atoms with Gasteiger partial charge in [0.25, 0.3) is 0 Å². The maximum Gasteiger partial charge on any atom is 0.0922 e. The highest BCUT2D eigenvalue weighted by molar-refractivity contribution is 9.10. The van der Waals surface area contributed by atoms with Crippen LogP contribution in [0.5, 0.6) is 0 Å². The van der Waals surface area contributed by atoms with Gasteiger partial charge in [0.15, 0.2) is 0 Å². The Morgan fingerprint density at radius 3 is 2.94 bits per heavy atom. The van der Waals surface area contributed by atoms with Gasteiger partial charge < -0.3 is 10.3 Å². The number of nitrogens with zero attached hydrogens (tertiary/aromatic N) is 1. The van der Waals surface area contributed by atoms with Crippen LogP contribution in [-0.2, 0) is 6.54 Å². The van der Waals surface area contributed by atoms with E-state index in [1.54, 1.807) is 6.33 Å². The van der Waals surface area contributed by atoms with Crippen molar-refractivity contribution in [2.75, 3.05) is 0 Å². The van der Waals surface area contributed by atoms with Crippen molar-refractivity contribution >= 4 is 15.9 Å². The minimum Gasteiger partial charge on any atom is -0.347 e. The second kappa shape index (κ2) is 5.27. The molecule has 1 aromatic heterocycles. The average Bonchev–Trinajstić information content (AvgIpc) is 2.79. The summed E-state index contributed by atoms with van der Waals surface area (Å²) in [5, 5.41) is 3.44. The SMILES string of the molecule is C[C@H](NCc1cnc[nH]1)c1ccccc1Br. The zero-order valence-electron chi connectivity index (χ0n) is 9.07. The highest BCUT2D eigenvalue weighted by Crippen LogP contribution is 2.22. The van der Waals surface area contributed by atoms with Gasteiger partial charge in [0.1, 0.15) is 0 Å². The number of hydrogen-bond acceptors (Lipinski definition) is 2. The van der Waals surface area contributed by atoms with E-state index in [2.05, 4.69) is 56.3 Å². The molecule has 2 rings (SSSR count). The second-order valence-corrected chi connectivity index (χ2v) is 4.56. The van der Waals surface area contributed by atoms with Gasteiger partial charge in [0.2, 0.25) is 0 Å². The molecule has 0 aliphatic heterocycles. The fraction of sp³-hybridized carbons (Fsp3) is 0.250. The van der Waals surface area contributed by atoms with E-state index in [0.29, 0.717) is 6.04 Å². The average molecular weight is 280 g/mol. The number of aromatic amines is 1. The Balaban J connectivity index is 1.98. The normalized spacial score (nSPS) is 12.6. The number of hydrogen-bond donors (Lipinski definition) is 2. The van der Waals surface area contributed by atoms with Crippen LogP contribution in [0.4, 0.5) is 0 Å². The Labute approximate surface area is 103 Å². The molecule has 1 aromatic carbocycles. The van der Waals surface area contributed by atoms with Gasteiger partial charge in [-0.1, -0.05) is 34.1 Å². The lowest BCUT2D eigenvalue weighted by atomic mass is 10.1. The van der Waals surface area contributed by atoms with E-state index in [1.807, 2.05) is 12.3 Å². The van der Waals surface area contributed by atoms with Gasteiger partial charge in [0.05, 0.1) is 6.33 Å². The van der Waals surface area contributed by atoms with Crippen LogP contribution in [0.25, 0.3) is 0 Å². The molecule has 0 aliphatic rings. The van der Waals surface area contributed by atoms with E-state index in [9.17, 15) is 0 Å². The third kappa shape index (κ3) is 2.71. The third-order valence-corrected chi connectivity index (χ3v) is 3.25. The Bertz CT molecular complexity index is 439. The van der Waals surface area contributed by atoms with Gasteiger partial charge in [-0.2, -0.15) is 0 Å². The summed E-state index contributed by atoms with van der Waals surface area (Å²) in [4.78, 5) is 7.06. The van der Waals surface area contributed by atoms with Gasteiger partial charge in [-0.3, -0.25) is 0 Å². The first-order valence-electron chi connectivity index (χ1n) is 5.22. The lowest BCUT2D eigenvalue weighted by Gasteiger charge is -2.15. The fourth-order valence-electron chi connectivity index (χ4n) is 1.58. The minimum atomic E-state index is 0.305. The van der Waals surface area contributed by atoms with Crippen molar-refractivity contribution in [1.82, 2.24) is 15.3 Å². The van der Waals surface area contributed by atoms with Crippen LogP contribution < -0.4 is 5.32 Å². The number of benzene rings is 1. The number of imidazole rings is 1. The molecule has 2 aromatic rings. The number of nitrogens with one attached hydrogen (secondary N) is 2. The molecule has 0 radical (unpaired) electrons. The van der Waals surface area contributed by atoms with E-state index >= 15 is 0 Å². The van der Waals surface area contributed by atoms with Crippen molar-refractivity contribution in [2.45, 2.75) is 19.5 Å². The number of aromatic nitrogens is 2. The molecule has 0 saturated carbocycles. The standard InChI is InChI=1S/C12H14BrN3/c1-9(11-4-2-3-5-12(11)13)15-7-10-6-14-8-16-10/h2-6,8-9,15H,7H2,1H3,(H,14,16)/t9-/m0/s1. The van der Waals surface area contributed by atoms with E-state index in [0.717, 1.165) is 16.7 Å². The van der Waals surface area contributed by atoms with Crippen molar-refractivity contribution in [3.05, 3.63) is 52.5 Å². The summed E-state index contributed by atoms with van der Waals surface area (Å²) in [7, 11) is 0. The van der Waals surface area contributed by atoms with Gasteiger partial charge in [-0.15, -0.1) is 0 Å². The Morgan fingerprint density at radius 1 is 1.44 bits per heavy atom. The summed E-state index contributed by atoms with van der Waals surface area (Å²) >= 11 is 3.56. The largest absolute Gasteiger partial charge is 0.347 e. The molecule has 0 aliphatic carbocycles. The molecule has 4 heteroatoms. The first-order valence-corrected chi connectivity index (χ1v) is 6.01. The maximum absolute atomic E-state index is 3.99. The lowest BCUT2D eigenvalue weighted by Crippen LogP contribution is -2.18. The molecule has 16 heavy (non-hydrogen) atoms.